The Morgan fingerprint density at radius 3 is 2.55 bits per heavy atom. The zero-order valence-electron chi connectivity index (χ0n) is 17.3. The first-order valence-electron chi connectivity index (χ1n) is 10.3. The molecule has 0 bridgehead atoms. The number of hydrogen-bond donors (Lipinski definition) is 2. The molecular formula is C22H21ClF3N3O3S. The Morgan fingerprint density at radius 2 is 1.85 bits per heavy atom. The molecule has 11 heteroatoms. The summed E-state index contributed by atoms with van der Waals surface area (Å²) in [5, 5.41) is 0.228. The van der Waals surface area contributed by atoms with Crippen LogP contribution in [0.15, 0.2) is 53.6 Å². The molecule has 33 heavy (non-hydrogen) atoms. The largest absolute Gasteiger partial charge is 0.417 e. The van der Waals surface area contributed by atoms with Gasteiger partial charge in [0.25, 0.3) is 0 Å². The molecule has 1 fully saturated rings. The number of likely N-dealkylation sites (tertiary alicyclic amines) is 1. The highest BCUT2D eigenvalue weighted by Crippen LogP contribution is 2.36. The molecule has 1 aromatic heterocycles. The predicted octanol–water partition coefficient (Wildman–Crippen LogP) is 4.35. The maximum absolute atomic E-state index is 13.2. The fourth-order valence-corrected chi connectivity index (χ4v) is 5.44. The average Bonchev–Trinajstić information content (AvgIpc) is 3.42. The predicted molar refractivity (Wildman–Crippen MR) is 118 cm³/mol. The molecule has 0 aliphatic carbocycles. The van der Waals surface area contributed by atoms with E-state index in [1.54, 1.807) is 11.1 Å². The second-order valence-corrected chi connectivity index (χ2v) is 10.0. The number of nitrogens with zero attached hydrogens (tertiary/aromatic N) is 1. The van der Waals surface area contributed by atoms with E-state index in [9.17, 15) is 26.4 Å². The molecule has 0 saturated carbocycles. The van der Waals surface area contributed by atoms with Crippen molar-refractivity contribution in [3.05, 3.63) is 64.8 Å². The van der Waals surface area contributed by atoms with Crippen molar-refractivity contribution in [3.8, 4) is 0 Å². The number of aromatic amines is 1. The minimum atomic E-state index is -4.82. The molecule has 1 atom stereocenters. The second kappa shape index (κ2) is 9.00. The van der Waals surface area contributed by atoms with Gasteiger partial charge in [-0.2, -0.15) is 17.9 Å². The number of hydrogen-bond acceptors (Lipinski definition) is 3. The normalized spacial score (nSPS) is 15.8. The van der Waals surface area contributed by atoms with Crippen LogP contribution in [0.1, 0.15) is 24.0 Å². The second-order valence-electron chi connectivity index (χ2n) is 7.91. The van der Waals surface area contributed by atoms with Gasteiger partial charge in [-0.15, -0.1) is 0 Å². The lowest BCUT2D eigenvalue weighted by Gasteiger charge is -2.24. The summed E-state index contributed by atoms with van der Waals surface area (Å²) >= 11 is 5.62. The first-order chi connectivity index (χ1) is 15.6. The number of para-hydroxylation sites is 1. The van der Waals surface area contributed by atoms with Crippen LogP contribution in [-0.4, -0.2) is 43.3 Å². The van der Waals surface area contributed by atoms with E-state index in [1.165, 1.54) is 0 Å². The van der Waals surface area contributed by atoms with Gasteiger partial charge in [0.1, 0.15) is 6.04 Å². The Kier molecular flexibility index (Phi) is 6.43. The van der Waals surface area contributed by atoms with Crippen LogP contribution >= 0.6 is 11.6 Å². The lowest BCUT2D eigenvalue weighted by Crippen LogP contribution is -2.48. The zero-order chi connectivity index (χ0) is 23.8. The molecule has 2 heterocycles. The van der Waals surface area contributed by atoms with Crippen LogP contribution in [0.5, 0.6) is 0 Å². The number of alkyl halides is 3. The quantitative estimate of drug-likeness (QED) is 0.529. The first-order valence-corrected chi connectivity index (χ1v) is 12.2. The summed E-state index contributed by atoms with van der Waals surface area (Å²) in [6.07, 6.45) is -1.46. The van der Waals surface area contributed by atoms with Gasteiger partial charge >= 0.3 is 6.18 Å². The van der Waals surface area contributed by atoms with Crippen LogP contribution in [-0.2, 0) is 27.4 Å². The Balaban J connectivity index is 1.68. The van der Waals surface area contributed by atoms with Gasteiger partial charge in [0.15, 0.2) is 0 Å². The molecule has 0 radical (unpaired) electrons. The van der Waals surface area contributed by atoms with Crippen molar-refractivity contribution in [2.24, 2.45) is 0 Å². The lowest BCUT2D eigenvalue weighted by atomic mass is 10.0. The summed E-state index contributed by atoms with van der Waals surface area (Å²) in [5.74, 6) is -0.411. The number of halogens is 4. The van der Waals surface area contributed by atoms with Crippen LogP contribution < -0.4 is 4.72 Å². The van der Waals surface area contributed by atoms with Gasteiger partial charge in [0.2, 0.25) is 15.9 Å². The number of sulfonamides is 1. The van der Waals surface area contributed by atoms with Crippen molar-refractivity contribution in [1.82, 2.24) is 14.6 Å². The highest BCUT2D eigenvalue weighted by Gasteiger charge is 2.36. The lowest BCUT2D eigenvalue weighted by molar-refractivity contribution is -0.137. The molecule has 2 aromatic carbocycles. The molecule has 0 spiro atoms. The van der Waals surface area contributed by atoms with Gasteiger partial charge in [0.05, 0.1) is 15.5 Å². The number of fused-ring (bicyclic) bond motifs is 1. The van der Waals surface area contributed by atoms with Crippen LogP contribution in [0.3, 0.4) is 0 Å². The van der Waals surface area contributed by atoms with E-state index in [1.807, 2.05) is 24.3 Å². The number of benzene rings is 2. The van der Waals surface area contributed by atoms with Crippen molar-refractivity contribution in [2.45, 2.75) is 36.4 Å². The number of nitrogens with one attached hydrogen (secondary N) is 2. The molecule has 4 rings (SSSR count). The standard InChI is InChI=1S/C22H21ClF3N3O3S/c23-18-8-7-15(12-17(18)22(24,25)26)33(31,32)28-20(21(30)29-9-3-4-10-29)11-14-13-27-19-6-2-1-5-16(14)19/h1-2,5-8,12-13,20,27-28H,3-4,9-11H2. The van der Waals surface area contributed by atoms with E-state index in [0.29, 0.717) is 19.2 Å². The van der Waals surface area contributed by atoms with Gasteiger partial charge in [-0.3, -0.25) is 4.79 Å². The van der Waals surface area contributed by atoms with Gasteiger partial charge in [-0.25, -0.2) is 8.42 Å². The summed E-state index contributed by atoms with van der Waals surface area (Å²) in [7, 11) is -4.46. The van der Waals surface area contributed by atoms with Crippen LogP contribution in [0.2, 0.25) is 5.02 Å². The Morgan fingerprint density at radius 1 is 1.15 bits per heavy atom. The van der Waals surface area contributed by atoms with Crippen molar-refractivity contribution >= 4 is 38.4 Å². The number of H-pyrrole nitrogens is 1. The zero-order valence-corrected chi connectivity index (χ0v) is 18.9. The van der Waals surface area contributed by atoms with Crippen LogP contribution in [0, 0.1) is 0 Å². The molecule has 1 unspecified atom stereocenters. The van der Waals surface area contributed by atoms with Crippen molar-refractivity contribution < 1.29 is 26.4 Å². The van der Waals surface area contributed by atoms with Gasteiger partial charge < -0.3 is 9.88 Å². The third-order valence-corrected chi connectivity index (χ3v) is 7.46. The fraction of sp³-hybridized carbons (Fsp3) is 0.318. The Hall–Kier alpha value is -2.56. The van der Waals surface area contributed by atoms with Gasteiger partial charge in [-0.1, -0.05) is 29.8 Å². The van der Waals surface area contributed by atoms with E-state index < -0.39 is 43.6 Å². The number of amides is 1. The maximum atomic E-state index is 13.2. The van der Waals surface area contributed by atoms with Crippen molar-refractivity contribution in [3.63, 3.8) is 0 Å². The molecule has 1 amide bonds. The number of carbonyl (C=O) groups excluding carboxylic acids is 1. The van der Waals surface area contributed by atoms with Gasteiger partial charge in [-0.05, 0) is 49.1 Å². The molecule has 1 aliphatic rings. The average molecular weight is 500 g/mol. The van der Waals surface area contributed by atoms with E-state index in [-0.39, 0.29) is 6.42 Å². The van der Waals surface area contributed by atoms with Crippen molar-refractivity contribution in [1.29, 1.82) is 0 Å². The van der Waals surface area contributed by atoms with E-state index in [2.05, 4.69) is 9.71 Å². The van der Waals surface area contributed by atoms with Crippen LogP contribution in [0.4, 0.5) is 13.2 Å². The molecule has 1 saturated heterocycles. The highest BCUT2D eigenvalue weighted by molar-refractivity contribution is 7.89. The third-order valence-electron chi connectivity index (χ3n) is 5.67. The number of rotatable bonds is 6. The van der Waals surface area contributed by atoms with E-state index >= 15 is 0 Å². The molecule has 1 aliphatic heterocycles. The maximum Gasteiger partial charge on any atom is 0.417 e. The molecule has 3 aromatic rings. The summed E-state index contributed by atoms with van der Waals surface area (Å²) in [6, 6.07) is 8.54. The smallest absolute Gasteiger partial charge is 0.361 e. The van der Waals surface area contributed by atoms with Crippen LogP contribution in [0.25, 0.3) is 10.9 Å². The van der Waals surface area contributed by atoms with E-state index in [4.69, 9.17) is 11.6 Å². The molecule has 176 valence electrons. The Bertz CT molecular complexity index is 1280. The SMILES string of the molecule is O=C(C(Cc1c[nH]c2ccccc12)NS(=O)(=O)c1ccc(Cl)c(C(F)(F)F)c1)N1CCCC1. The first kappa shape index (κ1) is 23.6. The van der Waals surface area contributed by atoms with E-state index in [0.717, 1.165) is 41.4 Å². The van der Waals surface area contributed by atoms with Crippen molar-refractivity contribution in [2.75, 3.05) is 13.1 Å². The molecule has 6 nitrogen and oxygen atoms in total. The highest BCUT2D eigenvalue weighted by atomic mass is 35.5. The number of aromatic nitrogens is 1. The molecular weight excluding hydrogens is 479 g/mol. The minimum absolute atomic E-state index is 0.0400. The Labute approximate surface area is 193 Å². The summed E-state index contributed by atoms with van der Waals surface area (Å²) < 4.78 is 68.2. The summed E-state index contributed by atoms with van der Waals surface area (Å²) in [6.45, 7) is 1.01. The molecule has 2 N–H and O–H groups in total. The van der Waals surface area contributed by atoms with Gasteiger partial charge in [0, 0.05) is 30.2 Å². The topological polar surface area (TPSA) is 82.3 Å². The summed E-state index contributed by atoms with van der Waals surface area (Å²) in [4.78, 5) is 17.2. The minimum Gasteiger partial charge on any atom is -0.361 e. The summed E-state index contributed by atoms with van der Waals surface area (Å²) in [5.41, 5.74) is 0.291. The monoisotopic (exact) mass is 499 g/mol. The fourth-order valence-electron chi connectivity index (χ4n) is 4.00. The number of carbonyl (C=O) groups is 1. The third kappa shape index (κ3) is 5.02.